The molecule has 0 radical (unpaired) electrons. The van der Waals surface area contributed by atoms with Crippen molar-refractivity contribution in [1.82, 2.24) is 9.55 Å². The number of nitrogens with two attached hydrogens (primary N) is 1. The van der Waals surface area contributed by atoms with Crippen LogP contribution in [0.1, 0.15) is 38.8 Å². The first kappa shape index (κ1) is 12.0. The summed E-state index contributed by atoms with van der Waals surface area (Å²) >= 11 is 0. The molecule has 92 valence electrons. The Kier molecular flexibility index (Phi) is 3.09. The third-order valence-electron chi connectivity index (χ3n) is 3.75. The molecule has 0 saturated heterocycles. The minimum Gasteiger partial charge on any atom is -0.369 e. The SMILES string of the molecule is CCC(C)C(C)n1c(N)nc2ccc(C)cc21. The minimum atomic E-state index is 0.381. The second-order valence-electron chi connectivity index (χ2n) is 4.96. The van der Waals surface area contributed by atoms with Crippen LogP contribution in [0.15, 0.2) is 18.2 Å². The summed E-state index contributed by atoms with van der Waals surface area (Å²) < 4.78 is 2.16. The molecule has 0 aliphatic rings. The van der Waals surface area contributed by atoms with Crippen LogP contribution in [0, 0.1) is 12.8 Å². The lowest BCUT2D eigenvalue weighted by molar-refractivity contribution is 0.381. The molecule has 0 bridgehead atoms. The Labute approximate surface area is 103 Å². The number of nitrogen functional groups attached to an aromatic ring is 1. The van der Waals surface area contributed by atoms with Gasteiger partial charge in [0.15, 0.2) is 0 Å². The lowest BCUT2D eigenvalue weighted by Gasteiger charge is -2.22. The Morgan fingerprint density at radius 2 is 2.06 bits per heavy atom. The summed E-state index contributed by atoms with van der Waals surface area (Å²) in [6.07, 6.45) is 1.14. The van der Waals surface area contributed by atoms with Crippen LogP contribution in [0.5, 0.6) is 0 Å². The molecule has 1 heterocycles. The van der Waals surface area contributed by atoms with Gasteiger partial charge < -0.3 is 10.3 Å². The predicted octanol–water partition coefficient (Wildman–Crippen LogP) is 3.53. The third-order valence-corrected chi connectivity index (χ3v) is 3.75. The number of benzene rings is 1. The molecule has 0 spiro atoms. The fourth-order valence-corrected chi connectivity index (χ4v) is 2.25. The molecule has 0 aliphatic heterocycles. The quantitative estimate of drug-likeness (QED) is 0.878. The number of hydrogen-bond donors (Lipinski definition) is 1. The van der Waals surface area contributed by atoms with E-state index in [1.807, 2.05) is 6.07 Å². The van der Waals surface area contributed by atoms with Gasteiger partial charge in [0.05, 0.1) is 11.0 Å². The number of fused-ring (bicyclic) bond motifs is 1. The third kappa shape index (κ3) is 2.02. The van der Waals surface area contributed by atoms with Crippen molar-refractivity contribution in [1.29, 1.82) is 0 Å². The Hall–Kier alpha value is -1.51. The fraction of sp³-hybridized carbons (Fsp3) is 0.500. The van der Waals surface area contributed by atoms with Crippen LogP contribution in [0.4, 0.5) is 5.95 Å². The maximum atomic E-state index is 6.05. The summed E-state index contributed by atoms with van der Waals surface area (Å²) in [5.41, 5.74) is 9.43. The monoisotopic (exact) mass is 231 g/mol. The largest absolute Gasteiger partial charge is 0.369 e. The van der Waals surface area contributed by atoms with Gasteiger partial charge >= 0.3 is 0 Å². The Bertz CT molecular complexity index is 527. The molecule has 2 aromatic rings. The molecule has 0 amide bonds. The maximum absolute atomic E-state index is 6.05. The lowest BCUT2D eigenvalue weighted by atomic mass is 10.0. The van der Waals surface area contributed by atoms with Crippen molar-refractivity contribution < 1.29 is 0 Å². The van der Waals surface area contributed by atoms with Gasteiger partial charge in [-0.1, -0.05) is 26.3 Å². The van der Waals surface area contributed by atoms with Gasteiger partial charge in [-0.05, 0) is 37.5 Å². The van der Waals surface area contributed by atoms with Gasteiger partial charge in [-0.25, -0.2) is 4.98 Å². The molecule has 2 atom stereocenters. The van der Waals surface area contributed by atoms with Crippen molar-refractivity contribution in [3.05, 3.63) is 23.8 Å². The predicted molar refractivity (Wildman–Crippen MR) is 73.0 cm³/mol. The molecule has 0 aliphatic carbocycles. The van der Waals surface area contributed by atoms with E-state index in [0.717, 1.165) is 17.5 Å². The van der Waals surface area contributed by atoms with E-state index in [0.29, 0.717) is 17.9 Å². The summed E-state index contributed by atoms with van der Waals surface area (Å²) in [7, 11) is 0. The molecule has 3 heteroatoms. The van der Waals surface area contributed by atoms with E-state index in [1.54, 1.807) is 0 Å². The van der Waals surface area contributed by atoms with Gasteiger partial charge in [-0.3, -0.25) is 0 Å². The molecule has 1 aromatic heterocycles. The Morgan fingerprint density at radius 1 is 1.35 bits per heavy atom. The van der Waals surface area contributed by atoms with Gasteiger partial charge in [0, 0.05) is 6.04 Å². The van der Waals surface area contributed by atoms with Crippen molar-refractivity contribution in [2.24, 2.45) is 5.92 Å². The van der Waals surface area contributed by atoms with E-state index in [-0.39, 0.29) is 0 Å². The summed E-state index contributed by atoms with van der Waals surface area (Å²) in [5.74, 6) is 1.22. The molecule has 2 N–H and O–H groups in total. The number of rotatable bonds is 3. The van der Waals surface area contributed by atoms with Crippen molar-refractivity contribution in [3.63, 3.8) is 0 Å². The molecule has 3 nitrogen and oxygen atoms in total. The molecular formula is C14H21N3. The van der Waals surface area contributed by atoms with E-state index >= 15 is 0 Å². The zero-order chi connectivity index (χ0) is 12.6. The van der Waals surface area contributed by atoms with Crippen molar-refractivity contribution >= 4 is 17.0 Å². The maximum Gasteiger partial charge on any atom is 0.201 e. The number of nitrogens with zero attached hydrogens (tertiary/aromatic N) is 2. The highest BCUT2D eigenvalue weighted by atomic mass is 15.2. The van der Waals surface area contributed by atoms with Crippen LogP contribution < -0.4 is 5.73 Å². The van der Waals surface area contributed by atoms with Crippen LogP contribution in [0.25, 0.3) is 11.0 Å². The normalized spacial score (nSPS) is 15.1. The van der Waals surface area contributed by atoms with Gasteiger partial charge in [-0.2, -0.15) is 0 Å². The van der Waals surface area contributed by atoms with E-state index in [2.05, 4.69) is 49.4 Å². The topological polar surface area (TPSA) is 43.8 Å². The second-order valence-corrected chi connectivity index (χ2v) is 4.96. The first-order valence-corrected chi connectivity index (χ1v) is 6.28. The molecule has 1 aromatic carbocycles. The Balaban J connectivity index is 2.59. The first-order valence-electron chi connectivity index (χ1n) is 6.28. The average molecular weight is 231 g/mol. The van der Waals surface area contributed by atoms with E-state index < -0.39 is 0 Å². The zero-order valence-corrected chi connectivity index (χ0v) is 11.1. The van der Waals surface area contributed by atoms with Crippen LogP contribution in [0.3, 0.4) is 0 Å². The van der Waals surface area contributed by atoms with Crippen LogP contribution in [-0.4, -0.2) is 9.55 Å². The van der Waals surface area contributed by atoms with Crippen molar-refractivity contribution in [3.8, 4) is 0 Å². The highest BCUT2D eigenvalue weighted by Gasteiger charge is 2.18. The molecular weight excluding hydrogens is 210 g/mol. The molecule has 17 heavy (non-hydrogen) atoms. The zero-order valence-electron chi connectivity index (χ0n) is 11.1. The van der Waals surface area contributed by atoms with E-state index in [4.69, 9.17) is 5.73 Å². The highest BCUT2D eigenvalue weighted by molar-refractivity contribution is 5.79. The smallest absolute Gasteiger partial charge is 0.201 e. The number of hydrogen-bond acceptors (Lipinski definition) is 2. The van der Waals surface area contributed by atoms with Crippen LogP contribution in [-0.2, 0) is 0 Å². The lowest BCUT2D eigenvalue weighted by Crippen LogP contribution is -2.15. The average Bonchev–Trinajstić information content (AvgIpc) is 2.62. The van der Waals surface area contributed by atoms with Crippen LogP contribution >= 0.6 is 0 Å². The van der Waals surface area contributed by atoms with E-state index in [1.165, 1.54) is 5.56 Å². The molecule has 2 unspecified atom stereocenters. The van der Waals surface area contributed by atoms with Crippen molar-refractivity contribution in [2.45, 2.75) is 40.2 Å². The van der Waals surface area contributed by atoms with Gasteiger partial charge in [0.25, 0.3) is 0 Å². The summed E-state index contributed by atoms with van der Waals surface area (Å²) in [6, 6.07) is 6.66. The summed E-state index contributed by atoms with van der Waals surface area (Å²) in [4.78, 5) is 4.43. The number of anilines is 1. The van der Waals surface area contributed by atoms with Crippen LogP contribution in [0.2, 0.25) is 0 Å². The molecule has 2 rings (SSSR count). The number of aryl methyl sites for hydroxylation is 1. The summed E-state index contributed by atoms with van der Waals surface area (Å²) in [5, 5.41) is 0. The first-order chi connectivity index (χ1) is 8.04. The van der Waals surface area contributed by atoms with Crippen molar-refractivity contribution in [2.75, 3.05) is 5.73 Å². The van der Waals surface area contributed by atoms with Gasteiger partial charge in [0.2, 0.25) is 5.95 Å². The fourth-order valence-electron chi connectivity index (χ4n) is 2.25. The standard InChI is InChI=1S/C14H21N3/c1-5-10(3)11(4)17-13-8-9(2)6-7-12(13)16-14(17)15/h6-8,10-11H,5H2,1-4H3,(H2,15,16). The summed E-state index contributed by atoms with van der Waals surface area (Å²) in [6.45, 7) is 8.78. The molecule has 0 fully saturated rings. The molecule has 0 saturated carbocycles. The number of aromatic nitrogens is 2. The Morgan fingerprint density at radius 3 is 2.71 bits per heavy atom. The number of imidazole rings is 1. The van der Waals surface area contributed by atoms with Gasteiger partial charge in [0.1, 0.15) is 0 Å². The minimum absolute atomic E-state index is 0.381. The second kappa shape index (κ2) is 4.40. The highest BCUT2D eigenvalue weighted by Crippen LogP contribution is 2.29. The van der Waals surface area contributed by atoms with E-state index in [9.17, 15) is 0 Å². The van der Waals surface area contributed by atoms with Gasteiger partial charge in [-0.15, -0.1) is 0 Å².